The maximum atomic E-state index is 11.7. The zero-order chi connectivity index (χ0) is 13.7. The van der Waals surface area contributed by atoms with Crippen molar-refractivity contribution in [3.8, 4) is 5.75 Å². The Labute approximate surface area is 109 Å². The molecule has 0 heterocycles. The average Bonchev–Trinajstić information content (AvgIpc) is 2.28. The van der Waals surface area contributed by atoms with Crippen LogP contribution in [0.2, 0.25) is 5.02 Å². The van der Waals surface area contributed by atoms with Gasteiger partial charge >= 0.3 is 6.03 Å². The number of nitrogens with two attached hydrogens (primary N) is 1. The Morgan fingerprint density at radius 1 is 1.44 bits per heavy atom. The lowest BCUT2D eigenvalue weighted by molar-refractivity contribution is -0.117. The minimum absolute atomic E-state index is 0.380. The van der Waals surface area contributed by atoms with E-state index in [-0.39, 0.29) is 0 Å². The highest BCUT2D eigenvalue weighted by molar-refractivity contribution is 6.32. The van der Waals surface area contributed by atoms with Crippen molar-refractivity contribution < 1.29 is 14.3 Å². The first kappa shape index (κ1) is 14.1. The molecule has 7 heteroatoms. The lowest BCUT2D eigenvalue weighted by Crippen LogP contribution is -2.44. The quantitative estimate of drug-likeness (QED) is 0.771. The summed E-state index contributed by atoms with van der Waals surface area (Å²) in [6.45, 7) is 1.52. The van der Waals surface area contributed by atoms with E-state index in [4.69, 9.17) is 22.1 Å². The van der Waals surface area contributed by atoms with Gasteiger partial charge in [-0.25, -0.2) is 4.79 Å². The number of primary amides is 1. The van der Waals surface area contributed by atoms with E-state index >= 15 is 0 Å². The van der Waals surface area contributed by atoms with E-state index in [0.29, 0.717) is 16.5 Å². The number of carbonyl (C=O) groups is 2. The minimum Gasteiger partial charge on any atom is -0.495 e. The Bertz CT molecular complexity index is 465. The van der Waals surface area contributed by atoms with E-state index in [1.54, 1.807) is 18.2 Å². The monoisotopic (exact) mass is 271 g/mol. The van der Waals surface area contributed by atoms with Crippen molar-refractivity contribution in [1.82, 2.24) is 5.32 Å². The summed E-state index contributed by atoms with van der Waals surface area (Å²) in [5.74, 6) is 0.119. The van der Waals surface area contributed by atoms with Gasteiger partial charge in [0.1, 0.15) is 11.8 Å². The molecule has 0 spiro atoms. The third-order valence-corrected chi connectivity index (χ3v) is 2.47. The van der Waals surface area contributed by atoms with Crippen LogP contribution in [0.5, 0.6) is 5.75 Å². The highest BCUT2D eigenvalue weighted by Gasteiger charge is 2.14. The lowest BCUT2D eigenvalue weighted by Gasteiger charge is -2.13. The van der Waals surface area contributed by atoms with E-state index in [1.807, 2.05) is 0 Å². The van der Waals surface area contributed by atoms with Crippen molar-refractivity contribution in [2.24, 2.45) is 5.73 Å². The van der Waals surface area contributed by atoms with Crippen LogP contribution in [0.4, 0.5) is 10.5 Å². The van der Waals surface area contributed by atoms with Crippen LogP contribution in [0.25, 0.3) is 0 Å². The largest absolute Gasteiger partial charge is 0.495 e. The van der Waals surface area contributed by atoms with Crippen molar-refractivity contribution in [2.75, 3.05) is 12.4 Å². The molecule has 0 saturated carbocycles. The fourth-order valence-electron chi connectivity index (χ4n) is 1.27. The van der Waals surface area contributed by atoms with Crippen LogP contribution in [0.3, 0.4) is 0 Å². The Morgan fingerprint density at radius 3 is 2.61 bits per heavy atom. The number of rotatable bonds is 4. The van der Waals surface area contributed by atoms with Crippen LogP contribution in [0.15, 0.2) is 18.2 Å². The van der Waals surface area contributed by atoms with Gasteiger partial charge in [-0.15, -0.1) is 0 Å². The van der Waals surface area contributed by atoms with Crippen LogP contribution < -0.4 is 21.1 Å². The van der Waals surface area contributed by atoms with Crippen molar-refractivity contribution in [3.05, 3.63) is 23.2 Å². The zero-order valence-electron chi connectivity index (χ0n) is 9.99. The van der Waals surface area contributed by atoms with E-state index in [9.17, 15) is 9.59 Å². The first-order chi connectivity index (χ1) is 8.43. The van der Waals surface area contributed by atoms with Gasteiger partial charge in [0.25, 0.3) is 0 Å². The summed E-state index contributed by atoms with van der Waals surface area (Å²) in [5.41, 5.74) is 5.42. The highest BCUT2D eigenvalue weighted by Crippen LogP contribution is 2.27. The maximum Gasteiger partial charge on any atom is 0.312 e. The molecule has 0 aromatic heterocycles. The molecule has 6 nitrogen and oxygen atoms in total. The molecule has 0 aliphatic carbocycles. The Morgan fingerprint density at radius 2 is 2.11 bits per heavy atom. The molecule has 3 amide bonds. The number of ether oxygens (including phenoxy) is 1. The van der Waals surface area contributed by atoms with Gasteiger partial charge in [-0.2, -0.15) is 0 Å². The van der Waals surface area contributed by atoms with E-state index in [0.717, 1.165) is 0 Å². The number of nitrogens with one attached hydrogen (secondary N) is 2. The SMILES string of the molecule is COc1ccc(NC(=O)[C@H](C)NC(N)=O)cc1Cl. The smallest absolute Gasteiger partial charge is 0.312 e. The second-order valence-corrected chi connectivity index (χ2v) is 3.98. The van der Waals surface area contributed by atoms with Crippen LogP contribution in [0.1, 0.15) is 6.92 Å². The molecule has 0 aliphatic heterocycles. The summed E-state index contributed by atoms with van der Waals surface area (Å²) >= 11 is 5.91. The number of halogens is 1. The fraction of sp³-hybridized carbons (Fsp3) is 0.273. The zero-order valence-corrected chi connectivity index (χ0v) is 10.7. The molecule has 0 aliphatic rings. The fourth-order valence-corrected chi connectivity index (χ4v) is 1.53. The summed E-state index contributed by atoms with van der Waals surface area (Å²) in [7, 11) is 1.50. The Balaban J connectivity index is 2.70. The predicted molar refractivity (Wildman–Crippen MR) is 68.8 cm³/mol. The summed E-state index contributed by atoms with van der Waals surface area (Å²) in [6.07, 6.45) is 0. The molecule has 4 N–H and O–H groups in total. The number of carbonyl (C=O) groups excluding carboxylic acids is 2. The van der Waals surface area contributed by atoms with Crippen LogP contribution in [-0.4, -0.2) is 25.1 Å². The summed E-state index contributed by atoms with van der Waals surface area (Å²) in [5, 5.41) is 5.24. The highest BCUT2D eigenvalue weighted by atomic mass is 35.5. The number of amides is 3. The normalized spacial score (nSPS) is 11.5. The summed E-state index contributed by atoms with van der Waals surface area (Å²) < 4.78 is 4.99. The third kappa shape index (κ3) is 3.81. The Kier molecular flexibility index (Phi) is 4.79. The van der Waals surface area contributed by atoms with Gasteiger partial charge in [0.15, 0.2) is 0 Å². The van der Waals surface area contributed by atoms with Gasteiger partial charge in [0.2, 0.25) is 5.91 Å². The van der Waals surface area contributed by atoms with E-state index in [2.05, 4.69) is 10.6 Å². The van der Waals surface area contributed by atoms with Crippen molar-refractivity contribution in [1.29, 1.82) is 0 Å². The number of anilines is 1. The number of hydrogen-bond donors (Lipinski definition) is 3. The number of hydrogen-bond acceptors (Lipinski definition) is 3. The molecular formula is C11H14ClN3O3. The number of methoxy groups -OCH3 is 1. The molecule has 1 rings (SSSR count). The van der Waals surface area contributed by atoms with Gasteiger partial charge in [-0.05, 0) is 25.1 Å². The standard InChI is InChI=1S/C11H14ClN3O3/c1-6(14-11(13)17)10(16)15-7-3-4-9(18-2)8(12)5-7/h3-6H,1-2H3,(H,15,16)(H3,13,14,17)/t6-/m0/s1. The number of urea groups is 1. The minimum atomic E-state index is -0.759. The van der Waals surface area contributed by atoms with Gasteiger partial charge < -0.3 is 21.1 Å². The Hall–Kier alpha value is -1.95. The molecule has 0 unspecified atom stereocenters. The topological polar surface area (TPSA) is 93.4 Å². The van der Waals surface area contributed by atoms with Crippen LogP contribution >= 0.6 is 11.6 Å². The molecule has 18 heavy (non-hydrogen) atoms. The van der Waals surface area contributed by atoms with E-state index in [1.165, 1.54) is 14.0 Å². The second-order valence-electron chi connectivity index (χ2n) is 3.57. The van der Waals surface area contributed by atoms with Gasteiger partial charge in [-0.3, -0.25) is 4.79 Å². The molecule has 0 bridgehead atoms. The molecule has 1 aromatic rings. The lowest BCUT2D eigenvalue weighted by atomic mass is 10.2. The first-order valence-corrected chi connectivity index (χ1v) is 5.52. The molecule has 1 aromatic carbocycles. The first-order valence-electron chi connectivity index (χ1n) is 5.14. The van der Waals surface area contributed by atoms with Crippen molar-refractivity contribution >= 4 is 29.2 Å². The van der Waals surface area contributed by atoms with Crippen molar-refractivity contribution in [2.45, 2.75) is 13.0 Å². The molecule has 0 radical (unpaired) electrons. The average molecular weight is 272 g/mol. The number of benzene rings is 1. The van der Waals surface area contributed by atoms with Gasteiger partial charge in [0, 0.05) is 5.69 Å². The molecule has 0 saturated heterocycles. The molecular weight excluding hydrogens is 258 g/mol. The summed E-state index contributed by atoms with van der Waals surface area (Å²) in [4.78, 5) is 22.3. The predicted octanol–water partition coefficient (Wildman–Crippen LogP) is 1.34. The van der Waals surface area contributed by atoms with E-state index < -0.39 is 18.0 Å². The van der Waals surface area contributed by atoms with Gasteiger partial charge in [0.05, 0.1) is 12.1 Å². The van der Waals surface area contributed by atoms with Gasteiger partial charge in [-0.1, -0.05) is 11.6 Å². The van der Waals surface area contributed by atoms with Crippen LogP contribution in [-0.2, 0) is 4.79 Å². The second kappa shape index (κ2) is 6.11. The summed E-state index contributed by atoms with van der Waals surface area (Å²) in [6, 6.07) is 3.33. The molecule has 1 atom stereocenters. The molecule has 0 fully saturated rings. The van der Waals surface area contributed by atoms with Crippen LogP contribution in [0, 0.1) is 0 Å². The van der Waals surface area contributed by atoms with Crippen molar-refractivity contribution in [3.63, 3.8) is 0 Å². The maximum absolute atomic E-state index is 11.7. The molecule has 98 valence electrons. The third-order valence-electron chi connectivity index (χ3n) is 2.17.